The molecule has 0 aromatic heterocycles. The van der Waals surface area contributed by atoms with Gasteiger partial charge in [-0.15, -0.1) is 0 Å². The predicted octanol–water partition coefficient (Wildman–Crippen LogP) is 4.04. The van der Waals surface area contributed by atoms with Crippen LogP contribution in [0.25, 0.3) is 0 Å². The largest absolute Gasteiger partial charge is 0.423 e. The Labute approximate surface area is 119 Å². The lowest BCUT2D eigenvalue weighted by Crippen LogP contribution is -2.09. The van der Waals surface area contributed by atoms with Crippen molar-refractivity contribution in [2.75, 3.05) is 11.9 Å². The first-order valence-electron chi connectivity index (χ1n) is 6.82. The van der Waals surface area contributed by atoms with E-state index in [0.717, 1.165) is 24.2 Å². The first-order chi connectivity index (χ1) is 9.69. The Bertz CT molecular complexity index is 593. The van der Waals surface area contributed by atoms with Crippen molar-refractivity contribution in [1.29, 1.82) is 0 Å². The van der Waals surface area contributed by atoms with Crippen molar-refractivity contribution in [3.8, 4) is 5.75 Å². The van der Waals surface area contributed by atoms with Gasteiger partial charge in [0.2, 0.25) is 0 Å². The molecule has 2 aromatic rings. The Balaban J connectivity index is 2.07. The molecule has 0 saturated carbocycles. The maximum atomic E-state index is 12.0. The molecule has 0 saturated heterocycles. The highest BCUT2D eigenvalue weighted by Crippen LogP contribution is 2.19. The summed E-state index contributed by atoms with van der Waals surface area (Å²) in [6.45, 7) is 4.95. The number of hydrogen-bond donors (Lipinski definition) is 1. The third-order valence-electron chi connectivity index (χ3n) is 2.88. The summed E-state index contributed by atoms with van der Waals surface area (Å²) in [4.78, 5) is 12.0. The molecule has 0 spiro atoms. The van der Waals surface area contributed by atoms with E-state index in [-0.39, 0.29) is 5.97 Å². The third kappa shape index (κ3) is 3.85. The highest BCUT2D eigenvalue weighted by atomic mass is 16.5. The number of aryl methyl sites for hydroxylation is 1. The van der Waals surface area contributed by atoms with E-state index in [2.05, 4.69) is 12.2 Å². The Morgan fingerprint density at radius 2 is 1.95 bits per heavy atom. The molecule has 0 aliphatic rings. The van der Waals surface area contributed by atoms with Crippen LogP contribution in [-0.4, -0.2) is 12.5 Å². The number of benzene rings is 2. The van der Waals surface area contributed by atoms with E-state index >= 15 is 0 Å². The van der Waals surface area contributed by atoms with E-state index in [0.29, 0.717) is 11.3 Å². The fraction of sp³-hybridized carbons (Fsp3) is 0.235. The summed E-state index contributed by atoms with van der Waals surface area (Å²) in [7, 11) is 0. The molecule has 0 unspecified atom stereocenters. The molecule has 0 aliphatic carbocycles. The number of esters is 1. The molecule has 0 radical (unpaired) electrons. The molecule has 3 nitrogen and oxygen atoms in total. The molecular weight excluding hydrogens is 250 g/mol. The Morgan fingerprint density at radius 1 is 1.15 bits per heavy atom. The third-order valence-corrected chi connectivity index (χ3v) is 2.88. The second-order valence-electron chi connectivity index (χ2n) is 4.71. The molecule has 20 heavy (non-hydrogen) atoms. The SMILES string of the molecule is CCCNc1cccc(OC(=O)c2cccc(C)c2)c1. The van der Waals surface area contributed by atoms with E-state index < -0.39 is 0 Å². The van der Waals surface area contributed by atoms with Gasteiger partial charge in [0.05, 0.1) is 5.56 Å². The number of carbonyl (C=O) groups is 1. The molecule has 0 heterocycles. The maximum Gasteiger partial charge on any atom is 0.343 e. The number of nitrogens with one attached hydrogen (secondary N) is 1. The zero-order valence-corrected chi connectivity index (χ0v) is 11.8. The number of hydrogen-bond acceptors (Lipinski definition) is 3. The van der Waals surface area contributed by atoms with Gasteiger partial charge in [-0.1, -0.05) is 30.7 Å². The van der Waals surface area contributed by atoms with Crippen molar-refractivity contribution in [3.63, 3.8) is 0 Å². The van der Waals surface area contributed by atoms with Gasteiger partial charge in [0, 0.05) is 18.3 Å². The quantitative estimate of drug-likeness (QED) is 0.657. The summed E-state index contributed by atoms with van der Waals surface area (Å²) >= 11 is 0. The van der Waals surface area contributed by atoms with Crippen LogP contribution in [0.5, 0.6) is 5.75 Å². The summed E-state index contributed by atoms with van der Waals surface area (Å²) in [5.74, 6) is 0.221. The summed E-state index contributed by atoms with van der Waals surface area (Å²) < 4.78 is 5.40. The number of rotatable bonds is 5. The van der Waals surface area contributed by atoms with Gasteiger partial charge in [0.15, 0.2) is 0 Å². The molecule has 2 aromatic carbocycles. The summed E-state index contributed by atoms with van der Waals surface area (Å²) in [6.07, 6.45) is 1.05. The van der Waals surface area contributed by atoms with Gasteiger partial charge >= 0.3 is 5.97 Å². The molecule has 0 amide bonds. The van der Waals surface area contributed by atoms with Crippen molar-refractivity contribution < 1.29 is 9.53 Å². The smallest absolute Gasteiger partial charge is 0.343 e. The molecular formula is C17H19NO2. The summed E-state index contributed by atoms with van der Waals surface area (Å²) in [5, 5.41) is 3.27. The second kappa shape index (κ2) is 6.75. The van der Waals surface area contributed by atoms with Gasteiger partial charge in [-0.2, -0.15) is 0 Å². The standard InChI is InChI=1S/C17H19NO2/c1-3-10-18-15-8-5-9-16(12-15)20-17(19)14-7-4-6-13(2)11-14/h4-9,11-12,18H,3,10H2,1-2H3. The minimum absolute atomic E-state index is 0.332. The van der Waals surface area contributed by atoms with Crippen molar-refractivity contribution in [2.45, 2.75) is 20.3 Å². The maximum absolute atomic E-state index is 12.0. The molecule has 2 rings (SSSR count). The highest BCUT2D eigenvalue weighted by Gasteiger charge is 2.08. The van der Waals surface area contributed by atoms with Crippen LogP contribution < -0.4 is 10.1 Å². The van der Waals surface area contributed by atoms with E-state index in [4.69, 9.17) is 4.74 Å². The van der Waals surface area contributed by atoms with Crippen molar-refractivity contribution in [2.24, 2.45) is 0 Å². The fourth-order valence-corrected chi connectivity index (χ4v) is 1.88. The number of ether oxygens (including phenoxy) is 1. The minimum atomic E-state index is -0.332. The normalized spacial score (nSPS) is 10.1. The molecule has 0 bridgehead atoms. The van der Waals surface area contributed by atoms with Gasteiger partial charge in [0.1, 0.15) is 5.75 Å². The first-order valence-corrected chi connectivity index (χ1v) is 6.82. The van der Waals surface area contributed by atoms with Crippen LogP contribution in [0, 0.1) is 6.92 Å². The van der Waals surface area contributed by atoms with Gasteiger partial charge < -0.3 is 10.1 Å². The zero-order valence-electron chi connectivity index (χ0n) is 11.8. The van der Waals surface area contributed by atoms with E-state index in [1.54, 1.807) is 12.1 Å². The van der Waals surface area contributed by atoms with Gasteiger partial charge in [-0.05, 0) is 37.6 Å². The van der Waals surface area contributed by atoms with E-state index in [1.807, 2.05) is 43.3 Å². The second-order valence-corrected chi connectivity index (χ2v) is 4.71. The molecule has 104 valence electrons. The van der Waals surface area contributed by atoms with Crippen LogP contribution in [0.15, 0.2) is 48.5 Å². The molecule has 0 fully saturated rings. The summed E-state index contributed by atoms with van der Waals surface area (Å²) in [5.41, 5.74) is 2.57. The number of anilines is 1. The predicted molar refractivity (Wildman–Crippen MR) is 81.4 cm³/mol. The van der Waals surface area contributed by atoms with Crippen LogP contribution in [0.3, 0.4) is 0 Å². The van der Waals surface area contributed by atoms with Crippen LogP contribution in [0.2, 0.25) is 0 Å². The number of carbonyl (C=O) groups excluding carboxylic acids is 1. The van der Waals surface area contributed by atoms with Crippen LogP contribution in [0.1, 0.15) is 29.3 Å². The average molecular weight is 269 g/mol. The van der Waals surface area contributed by atoms with Crippen molar-refractivity contribution >= 4 is 11.7 Å². The summed E-state index contributed by atoms with van der Waals surface area (Å²) in [6, 6.07) is 14.8. The topological polar surface area (TPSA) is 38.3 Å². The van der Waals surface area contributed by atoms with Crippen LogP contribution in [-0.2, 0) is 0 Å². The van der Waals surface area contributed by atoms with Gasteiger partial charge in [-0.25, -0.2) is 4.79 Å². The molecule has 1 N–H and O–H groups in total. The Hall–Kier alpha value is -2.29. The van der Waals surface area contributed by atoms with Crippen LogP contribution >= 0.6 is 0 Å². The van der Waals surface area contributed by atoms with Crippen LogP contribution in [0.4, 0.5) is 5.69 Å². The van der Waals surface area contributed by atoms with Gasteiger partial charge in [-0.3, -0.25) is 0 Å². The fourth-order valence-electron chi connectivity index (χ4n) is 1.88. The highest BCUT2D eigenvalue weighted by molar-refractivity contribution is 5.91. The first kappa shape index (κ1) is 14.1. The Kier molecular flexibility index (Phi) is 4.77. The average Bonchev–Trinajstić information content (AvgIpc) is 2.45. The minimum Gasteiger partial charge on any atom is -0.423 e. The van der Waals surface area contributed by atoms with Gasteiger partial charge in [0.25, 0.3) is 0 Å². The molecule has 3 heteroatoms. The van der Waals surface area contributed by atoms with E-state index in [1.165, 1.54) is 0 Å². The zero-order chi connectivity index (χ0) is 14.4. The molecule has 0 atom stereocenters. The van der Waals surface area contributed by atoms with E-state index in [9.17, 15) is 4.79 Å². The lowest BCUT2D eigenvalue weighted by molar-refractivity contribution is 0.0735. The molecule has 0 aliphatic heterocycles. The van der Waals surface area contributed by atoms with Crippen molar-refractivity contribution in [1.82, 2.24) is 0 Å². The monoisotopic (exact) mass is 269 g/mol. The lowest BCUT2D eigenvalue weighted by atomic mass is 10.1. The lowest BCUT2D eigenvalue weighted by Gasteiger charge is -2.08. The van der Waals surface area contributed by atoms with Crippen molar-refractivity contribution in [3.05, 3.63) is 59.7 Å². The Morgan fingerprint density at radius 3 is 2.70 bits per heavy atom.